The first-order chi connectivity index (χ1) is 15.3. The molecule has 0 unspecified atom stereocenters. The molecule has 0 aliphatic rings. The van der Waals surface area contributed by atoms with Crippen LogP contribution in [0.15, 0.2) is 115 Å². The van der Waals surface area contributed by atoms with E-state index in [9.17, 15) is 0 Å². The summed E-state index contributed by atoms with van der Waals surface area (Å²) in [6, 6.07) is 46.1. The second kappa shape index (κ2) is 11.9. The van der Waals surface area contributed by atoms with E-state index in [0.717, 1.165) is 22.4 Å². The Labute approximate surface area is 204 Å². The molecule has 5 rings (SSSR count). The zero-order valence-electron chi connectivity index (χ0n) is 17.8. The van der Waals surface area contributed by atoms with Gasteiger partial charge in [0, 0.05) is 6.20 Å². The minimum Gasteiger partial charge on any atom is -0.305 e. The van der Waals surface area contributed by atoms with Crippen molar-refractivity contribution >= 4 is 0 Å². The molecule has 0 amide bonds. The normalized spacial score (nSPS) is 9.78. The first-order valence-electron chi connectivity index (χ1n) is 10.2. The van der Waals surface area contributed by atoms with Gasteiger partial charge in [-0.25, -0.2) is 11.1 Å². The quantitative estimate of drug-likeness (QED) is 0.199. The molecule has 0 aliphatic heterocycles. The van der Waals surface area contributed by atoms with Crippen molar-refractivity contribution in [3.63, 3.8) is 0 Å². The van der Waals surface area contributed by atoms with Gasteiger partial charge in [0.05, 0.1) is 0 Å². The third-order valence-electron chi connectivity index (χ3n) is 4.91. The van der Waals surface area contributed by atoms with Crippen LogP contribution in [-0.2, 0) is 20.1 Å². The fourth-order valence-corrected chi connectivity index (χ4v) is 3.32. The van der Waals surface area contributed by atoms with Crippen molar-refractivity contribution in [2.75, 3.05) is 0 Å². The van der Waals surface area contributed by atoms with Crippen LogP contribution in [0, 0.1) is 25.1 Å². The average molecular weight is 589 g/mol. The molecule has 32 heavy (non-hydrogen) atoms. The Kier molecular flexibility index (Phi) is 8.69. The first-order valence-corrected chi connectivity index (χ1v) is 10.2. The van der Waals surface area contributed by atoms with Gasteiger partial charge in [-0.05, 0) is 29.8 Å². The minimum absolute atomic E-state index is 0. The van der Waals surface area contributed by atoms with E-state index in [1.54, 1.807) is 6.20 Å². The summed E-state index contributed by atoms with van der Waals surface area (Å²) in [5, 5.41) is 0. The summed E-state index contributed by atoms with van der Waals surface area (Å²) < 4.78 is 0. The Hall–Kier alpha value is -3.32. The Morgan fingerprint density at radius 2 is 1.25 bits per heavy atom. The van der Waals surface area contributed by atoms with E-state index < -0.39 is 0 Å². The summed E-state index contributed by atoms with van der Waals surface area (Å²) in [5.74, 6) is 0. The van der Waals surface area contributed by atoms with Gasteiger partial charge in [-0.3, -0.25) is 0 Å². The summed E-state index contributed by atoms with van der Waals surface area (Å²) in [5.41, 5.74) is 7.96. The van der Waals surface area contributed by atoms with Gasteiger partial charge in [-0.1, -0.05) is 36.4 Å². The number of nitrogens with zero attached hydrogens (tertiary/aromatic N) is 1. The Morgan fingerprint density at radius 1 is 0.594 bits per heavy atom. The standard InChI is InChI=1S/C19H14.C11H8N.Ir/c1-15-8-5-6-13-19(15)18-12-7-11-17(14-18)16-9-3-2-4-10-16;1-2-6-10(7-3-1)11-8-4-5-9-12-11;/h2-9,12-14H,1H3;1-6,8-9H;/q-2;-1;+3. The van der Waals surface area contributed by atoms with E-state index in [1.807, 2.05) is 66.7 Å². The summed E-state index contributed by atoms with van der Waals surface area (Å²) in [4.78, 5) is 4.22. The van der Waals surface area contributed by atoms with Crippen LogP contribution in [0.25, 0.3) is 33.5 Å². The van der Waals surface area contributed by atoms with E-state index in [0.29, 0.717) is 0 Å². The van der Waals surface area contributed by atoms with E-state index in [4.69, 9.17) is 0 Å². The molecule has 0 radical (unpaired) electrons. The Balaban J connectivity index is 0.000000193. The average Bonchev–Trinajstić information content (AvgIpc) is 2.86. The largest absolute Gasteiger partial charge is 3.00 e. The first kappa shape index (κ1) is 23.3. The van der Waals surface area contributed by atoms with Crippen molar-refractivity contribution in [1.82, 2.24) is 4.98 Å². The smallest absolute Gasteiger partial charge is 0.305 e. The zero-order chi connectivity index (χ0) is 21.3. The molecule has 0 saturated carbocycles. The van der Waals surface area contributed by atoms with Crippen LogP contribution in [0.4, 0.5) is 0 Å². The maximum atomic E-state index is 4.22. The van der Waals surface area contributed by atoms with Crippen molar-refractivity contribution in [3.8, 4) is 33.5 Å². The van der Waals surface area contributed by atoms with E-state index in [2.05, 4.69) is 72.6 Å². The van der Waals surface area contributed by atoms with Crippen LogP contribution < -0.4 is 0 Å². The molecular formula is C30H22IrN. The molecule has 0 fully saturated rings. The Morgan fingerprint density at radius 3 is 1.91 bits per heavy atom. The van der Waals surface area contributed by atoms with Gasteiger partial charge in [0.15, 0.2) is 0 Å². The maximum absolute atomic E-state index is 4.22. The van der Waals surface area contributed by atoms with Crippen LogP contribution in [-0.4, -0.2) is 4.98 Å². The predicted molar refractivity (Wildman–Crippen MR) is 128 cm³/mol. The summed E-state index contributed by atoms with van der Waals surface area (Å²) in [6.07, 6.45) is 1.79. The molecule has 2 heteroatoms. The number of aryl methyl sites for hydroxylation is 1. The fraction of sp³-hybridized carbons (Fsp3) is 0.0333. The van der Waals surface area contributed by atoms with E-state index >= 15 is 0 Å². The number of pyridine rings is 1. The number of benzene rings is 4. The number of rotatable bonds is 3. The Bertz CT molecular complexity index is 1180. The zero-order valence-corrected chi connectivity index (χ0v) is 20.1. The van der Waals surface area contributed by atoms with Crippen molar-refractivity contribution in [1.29, 1.82) is 0 Å². The molecule has 5 aromatic rings. The van der Waals surface area contributed by atoms with Gasteiger partial charge in [-0.15, -0.1) is 53.6 Å². The van der Waals surface area contributed by atoms with Gasteiger partial charge < -0.3 is 4.98 Å². The molecule has 4 aromatic carbocycles. The molecule has 1 aromatic heterocycles. The topological polar surface area (TPSA) is 12.9 Å². The molecule has 1 nitrogen and oxygen atoms in total. The van der Waals surface area contributed by atoms with Gasteiger partial charge in [0.2, 0.25) is 0 Å². The summed E-state index contributed by atoms with van der Waals surface area (Å²) >= 11 is 0. The van der Waals surface area contributed by atoms with Gasteiger partial charge in [-0.2, -0.15) is 42.5 Å². The number of hydrogen-bond donors (Lipinski definition) is 0. The van der Waals surface area contributed by atoms with Gasteiger partial charge in [0.25, 0.3) is 0 Å². The minimum atomic E-state index is 0. The molecule has 0 spiro atoms. The molecular weight excluding hydrogens is 567 g/mol. The third kappa shape index (κ3) is 6.11. The number of aromatic nitrogens is 1. The maximum Gasteiger partial charge on any atom is 3.00 e. The van der Waals surface area contributed by atoms with Crippen LogP contribution >= 0.6 is 0 Å². The van der Waals surface area contributed by atoms with E-state index in [-0.39, 0.29) is 20.1 Å². The van der Waals surface area contributed by atoms with Gasteiger partial charge >= 0.3 is 20.1 Å². The SMILES string of the molecule is Cc1ccccc1-c1cc[c-]c(-c2[c-]cccc2)c1.[Ir+3].[c-]1ccccc1-c1ccccn1. The summed E-state index contributed by atoms with van der Waals surface area (Å²) in [7, 11) is 0. The monoisotopic (exact) mass is 589 g/mol. The van der Waals surface area contributed by atoms with Crippen LogP contribution in [0.2, 0.25) is 0 Å². The van der Waals surface area contributed by atoms with Crippen molar-refractivity contribution in [2.45, 2.75) is 6.92 Å². The predicted octanol–water partition coefficient (Wildman–Crippen LogP) is 7.48. The van der Waals surface area contributed by atoms with Crippen LogP contribution in [0.3, 0.4) is 0 Å². The van der Waals surface area contributed by atoms with E-state index in [1.165, 1.54) is 16.7 Å². The molecule has 0 N–H and O–H groups in total. The third-order valence-corrected chi connectivity index (χ3v) is 4.91. The van der Waals surface area contributed by atoms with Crippen molar-refractivity contribution in [3.05, 3.63) is 139 Å². The van der Waals surface area contributed by atoms with Crippen molar-refractivity contribution in [2.24, 2.45) is 0 Å². The molecule has 156 valence electrons. The molecule has 0 bridgehead atoms. The second-order valence-electron chi connectivity index (χ2n) is 7.07. The molecule has 0 saturated heterocycles. The molecule has 0 aliphatic carbocycles. The molecule has 0 atom stereocenters. The number of hydrogen-bond acceptors (Lipinski definition) is 1. The fourth-order valence-electron chi connectivity index (χ4n) is 3.32. The van der Waals surface area contributed by atoms with Crippen molar-refractivity contribution < 1.29 is 20.1 Å². The summed E-state index contributed by atoms with van der Waals surface area (Å²) in [6.45, 7) is 2.14. The second-order valence-corrected chi connectivity index (χ2v) is 7.07. The van der Waals surface area contributed by atoms with Gasteiger partial charge in [0.1, 0.15) is 0 Å². The van der Waals surface area contributed by atoms with Crippen LogP contribution in [0.5, 0.6) is 0 Å². The molecule has 1 heterocycles. The van der Waals surface area contributed by atoms with Crippen LogP contribution in [0.1, 0.15) is 5.56 Å².